The van der Waals surface area contributed by atoms with E-state index in [1.807, 2.05) is 30.5 Å². The molecule has 0 heterocycles. The molecule has 98 valence electrons. The van der Waals surface area contributed by atoms with Crippen LogP contribution >= 0.6 is 27.7 Å². The Balaban J connectivity index is 2.20. The molecule has 0 aliphatic heterocycles. The number of rotatable bonds is 4. The zero-order valence-corrected chi connectivity index (χ0v) is 12.7. The summed E-state index contributed by atoms with van der Waals surface area (Å²) in [6, 6.07) is 13.4. The van der Waals surface area contributed by atoms with Gasteiger partial charge in [-0.15, -0.1) is 11.8 Å². The monoisotopic (exact) mass is 338 g/mol. The van der Waals surface area contributed by atoms with Crippen LogP contribution in [0.2, 0.25) is 0 Å². The highest BCUT2D eigenvalue weighted by Crippen LogP contribution is 2.28. The van der Waals surface area contributed by atoms with Gasteiger partial charge in [-0.3, -0.25) is 4.79 Å². The Labute approximate surface area is 124 Å². The zero-order chi connectivity index (χ0) is 13.8. The summed E-state index contributed by atoms with van der Waals surface area (Å²) in [4.78, 5) is 12.9. The number of hydrogen-bond acceptors (Lipinski definition) is 2. The van der Waals surface area contributed by atoms with Gasteiger partial charge in [0.1, 0.15) is 10.6 Å². The van der Waals surface area contributed by atoms with Crippen LogP contribution in [0.1, 0.15) is 20.7 Å². The fourth-order valence-electron chi connectivity index (χ4n) is 1.68. The molecule has 0 N–H and O–H groups in total. The van der Waals surface area contributed by atoms with E-state index in [1.54, 1.807) is 23.9 Å². The van der Waals surface area contributed by atoms with Crippen molar-refractivity contribution in [3.8, 4) is 0 Å². The van der Waals surface area contributed by atoms with Crippen molar-refractivity contribution >= 4 is 33.5 Å². The lowest BCUT2D eigenvalue weighted by Gasteiger charge is -2.09. The van der Waals surface area contributed by atoms with Gasteiger partial charge in [0.2, 0.25) is 0 Å². The van der Waals surface area contributed by atoms with Crippen molar-refractivity contribution in [2.45, 2.75) is 9.72 Å². The van der Waals surface area contributed by atoms with Crippen molar-refractivity contribution in [2.24, 2.45) is 0 Å². The van der Waals surface area contributed by atoms with Crippen LogP contribution in [0.4, 0.5) is 4.39 Å². The van der Waals surface area contributed by atoms with Gasteiger partial charge < -0.3 is 0 Å². The van der Waals surface area contributed by atoms with E-state index in [2.05, 4.69) is 15.9 Å². The summed E-state index contributed by atoms with van der Waals surface area (Å²) in [5.74, 6) is -0.334. The fraction of sp³-hybridized carbons (Fsp3) is 0.133. The molecule has 0 aliphatic carbocycles. The second-order valence-electron chi connectivity index (χ2n) is 4.01. The Morgan fingerprint density at radius 3 is 2.21 bits per heavy atom. The molecule has 1 nitrogen and oxygen atoms in total. The van der Waals surface area contributed by atoms with Gasteiger partial charge in [0.25, 0.3) is 0 Å². The normalized spacial score (nSPS) is 12.2. The first kappa shape index (κ1) is 14.3. The lowest BCUT2D eigenvalue weighted by atomic mass is 10.0. The highest BCUT2D eigenvalue weighted by molar-refractivity contribution is 9.09. The summed E-state index contributed by atoms with van der Waals surface area (Å²) in [6.45, 7) is 0. The predicted octanol–water partition coefficient (Wildman–Crippen LogP) is 4.87. The smallest absolute Gasteiger partial charge is 0.180 e. The number of halogens is 2. The molecule has 0 aliphatic rings. The average Bonchev–Trinajstić information content (AvgIpc) is 2.46. The summed E-state index contributed by atoms with van der Waals surface area (Å²) in [7, 11) is 0. The molecule has 0 bridgehead atoms. The first-order valence-corrected chi connectivity index (χ1v) is 7.83. The maximum atomic E-state index is 12.9. The van der Waals surface area contributed by atoms with Gasteiger partial charge in [0, 0.05) is 10.5 Å². The summed E-state index contributed by atoms with van der Waals surface area (Å²) in [5.41, 5.74) is 1.39. The Morgan fingerprint density at radius 2 is 1.68 bits per heavy atom. The summed E-state index contributed by atoms with van der Waals surface area (Å²) in [6.07, 6.45) is 1.99. The largest absolute Gasteiger partial charge is 0.293 e. The molecule has 0 saturated carbocycles. The van der Waals surface area contributed by atoms with E-state index in [9.17, 15) is 9.18 Å². The van der Waals surface area contributed by atoms with E-state index in [0.717, 1.165) is 10.5 Å². The Kier molecular flexibility index (Phi) is 4.77. The number of carbonyl (C=O) groups excluding carboxylic acids is 1. The van der Waals surface area contributed by atoms with Crippen molar-refractivity contribution in [2.75, 3.05) is 6.26 Å². The number of benzene rings is 2. The molecule has 0 fully saturated rings. The minimum Gasteiger partial charge on any atom is -0.293 e. The van der Waals surface area contributed by atoms with Crippen molar-refractivity contribution in [1.29, 1.82) is 0 Å². The number of Topliss-reactive ketones (excluding diaryl/α,β-unsaturated/α-hetero) is 1. The Bertz CT molecular complexity index is 566. The number of hydrogen-bond donors (Lipinski definition) is 0. The second kappa shape index (κ2) is 6.35. The Hall–Kier alpha value is -1.13. The highest BCUT2D eigenvalue weighted by Gasteiger charge is 2.18. The van der Waals surface area contributed by atoms with Gasteiger partial charge in [-0.25, -0.2) is 4.39 Å². The Morgan fingerprint density at radius 1 is 1.11 bits per heavy atom. The van der Waals surface area contributed by atoms with Crippen LogP contribution in [0.25, 0.3) is 0 Å². The quantitative estimate of drug-likeness (QED) is 0.449. The maximum Gasteiger partial charge on any atom is 0.180 e. The van der Waals surface area contributed by atoms with Crippen LogP contribution < -0.4 is 0 Å². The molecule has 0 amide bonds. The lowest BCUT2D eigenvalue weighted by molar-refractivity contribution is 0.0991. The number of carbonyl (C=O) groups is 1. The predicted molar refractivity (Wildman–Crippen MR) is 80.6 cm³/mol. The highest BCUT2D eigenvalue weighted by atomic mass is 79.9. The minimum atomic E-state index is -0.451. The van der Waals surface area contributed by atoms with Gasteiger partial charge in [-0.05, 0) is 36.1 Å². The third kappa shape index (κ3) is 3.45. The van der Waals surface area contributed by atoms with E-state index >= 15 is 0 Å². The van der Waals surface area contributed by atoms with Crippen LogP contribution in [-0.2, 0) is 0 Å². The van der Waals surface area contributed by atoms with Gasteiger partial charge in [-0.1, -0.05) is 40.2 Å². The third-order valence-electron chi connectivity index (χ3n) is 2.77. The van der Waals surface area contributed by atoms with E-state index in [-0.39, 0.29) is 11.6 Å². The molecule has 2 rings (SSSR count). The number of alkyl halides is 1. The van der Waals surface area contributed by atoms with Crippen molar-refractivity contribution in [3.63, 3.8) is 0 Å². The van der Waals surface area contributed by atoms with Crippen LogP contribution in [-0.4, -0.2) is 12.0 Å². The minimum absolute atomic E-state index is 0.0285. The van der Waals surface area contributed by atoms with Crippen LogP contribution in [0.5, 0.6) is 0 Å². The fourth-order valence-corrected chi connectivity index (χ4v) is 2.66. The van der Waals surface area contributed by atoms with Crippen molar-refractivity contribution < 1.29 is 9.18 Å². The first-order valence-electron chi connectivity index (χ1n) is 5.69. The van der Waals surface area contributed by atoms with Crippen LogP contribution in [0.3, 0.4) is 0 Å². The number of thioether (sulfide) groups is 1. The van der Waals surface area contributed by atoms with Crippen LogP contribution in [0.15, 0.2) is 53.4 Å². The van der Waals surface area contributed by atoms with Gasteiger partial charge >= 0.3 is 0 Å². The number of ketones is 1. The van der Waals surface area contributed by atoms with Gasteiger partial charge in [0.05, 0.1) is 0 Å². The molecule has 0 saturated heterocycles. The molecule has 1 atom stereocenters. The molecular weight excluding hydrogens is 327 g/mol. The summed E-state index contributed by atoms with van der Waals surface area (Å²) >= 11 is 5.00. The van der Waals surface area contributed by atoms with Crippen LogP contribution in [0, 0.1) is 5.82 Å². The molecule has 1 unspecified atom stereocenters. The van der Waals surface area contributed by atoms with E-state index in [4.69, 9.17) is 0 Å². The van der Waals surface area contributed by atoms with Crippen molar-refractivity contribution in [1.82, 2.24) is 0 Å². The maximum absolute atomic E-state index is 12.9. The summed E-state index contributed by atoms with van der Waals surface area (Å²) < 4.78 is 12.9. The van der Waals surface area contributed by atoms with Gasteiger partial charge in [0.15, 0.2) is 5.78 Å². The van der Waals surface area contributed by atoms with E-state index in [1.165, 1.54) is 12.1 Å². The standard InChI is InChI=1S/C15H12BrFOS/c1-19-13-8-4-11(5-9-13)15(18)14(16)10-2-6-12(17)7-3-10/h2-9,14H,1H3. The molecule has 2 aromatic carbocycles. The first-order chi connectivity index (χ1) is 9.11. The molecule has 0 aromatic heterocycles. The molecule has 0 radical (unpaired) electrons. The molecule has 4 heteroatoms. The van der Waals surface area contributed by atoms with Gasteiger partial charge in [-0.2, -0.15) is 0 Å². The SMILES string of the molecule is CSc1ccc(C(=O)C(Br)c2ccc(F)cc2)cc1. The van der Waals surface area contributed by atoms with Crippen molar-refractivity contribution in [3.05, 3.63) is 65.5 Å². The third-order valence-corrected chi connectivity index (χ3v) is 4.46. The average molecular weight is 339 g/mol. The van der Waals surface area contributed by atoms with E-state index < -0.39 is 4.83 Å². The van der Waals surface area contributed by atoms with E-state index in [0.29, 0.717) is 5.56 Å². The molecular formula is C15H12BrFOS. The summed E-state index contributed by atoms with van der Waals surface area (Å²) in [5, 5.41) is 0. The lowest BCUT2D eigenvalue weighted by Crippen LogP contribution is -2.07. The topological polar surface area (TPSA) is 17.1 Å². The zero-order valence-electron chi connectivity index (χ0n) is 10.3. The molecule has 19 heavy (non-hydrogen) atoms. The molecule has 2 aromatic rings. The second-order valence-corrected chi connectivity index (χ2v) is 5.80. The molecule has 0 spiro atoms.